The molecule has 0 aromatic heterocycles. The highest BCUT2D eigenvalue weighted by atomic mass is 35.5. The number of rotatable bonds is 5. The van der Waals surface area contributed by atoms with Gasteiger partial charge in [-0.1, -0.05) is 37.6 Å². The molecular formula is C17H20ClNO. The van der Waals surface area contributed by atoms with Crippen molar-refractivity contribution in [3.05, 3.63) is 58.6 Å². The molecule has 2 N–H and O–H groups in total. The molecule has 1 unspecified atom stereocenters. The van der Waals surface area contributed by atoms with E-state index in [1.165, 1.54) is 0 Å². The van der Waals surface area contributed by atoms with Gasteiger partial charge in [-0.2, -0.15) is 0 Å². The maximum absolute atomic E-state index is 6.11. The summed E-state index contributed by atoms with van der Waals surface area (Å²) >= 11 is 6.11. The summed E-state index contributed by atoms with van der Waals surface area (Å²) in [5.74, 6) is 1.60. The molecule has 0 amide bonds. The second kappa shape index (κ2) is 6.78. The SMILES string of the molecule is CCc1cc(Oc2cccc(C(N)CC)c2)ccc1Cl. The minimum absolute atomic E-state index is 0.0509. The van der Waals surface area contributed by atoms with Crippen LogP contribution in [0, 0.1) is 0 Å². The van der Waals surface area contributed by atoms with Crippen LogP contribution in [0.5, 0.6) is 11.5 Å². The Morgan fingerprint density at radius 3 is 2.55 bits per heavy atom. The van der Waals surface area contributed by atoms with Gasteiger partial charge in [0.25, 0.3) is 0 Å². The first-order chi connectivity index (χ1) is 9.63. The van der Waals surface area contributed by atoms with E-state index in [2.05, 4.69) is 13.8 Å². The van der Waals surface area contributed by atoms with Crippen LogP contribution >= 0.6 is 11.6 Å². The molecule has 106 valence electrons. The maximum atomic E-state index is 6.11. The van der Waals surface area contributed by atoms with Crippen molar-refractivity contribution in [2.75, 3.05) is 0 Å². The Bertz CT molecular complexity index is 583. The standard InChI is InChI=1S/C17H20ClNO/c1-3-12-10-15(8-9-16(12)18)20-14-7-5-6-13(11-14)17(19)4-2/h5-11,17H,3-4,19H2,1-2H3. The lowest BCUT2D eigenvalue weighted by molar-refractivity contribution is 0.480. The molecule has 2 aromatic rings. The number of halogens is 1. The Morgan fingerprint density at radius 1 is 1.10 bits per heavy atom. The topological polar surface area (TPSA) is 35.2 Å². The van der Waals surface area contributed by atoms with Gasteiger partial charge in [-0.05, 0) is 54.3 Å². The molecule has 0 spiro atoms. The lowest BCUT2D eigenvalue weighted by Crippen LogP contribution is -2.08. The number of nitrogens with two attached hydrogens (primary N) is 1. The van der Waals surface area contributed by atoms with Gasteiger partial charge in [0.15, 0.2) is 0 Å². The molecule has 0 aliphatic rings. The van der Waals surface area contributed by atoms with Crippen molar-refractivity contribution >= 4 is 11.6 Å². The second-order valence-corrected chi connectivity index (χ2v) is 5.20. The summed E-state index contributed by atoms with van der Waals surface area (Å²) in [4.78, 5) is 0. The molecule has 0 heterocycles. The van der Waals surface area contributed by atoms with Crippen LogP contribution in [0.2, 0.25) is 5.02 Å². The molecule has 0 radical (unpaired) electrons. The second-order valence-electron chi connectivity index (χ2n) is 4.80. The predicted octanol–water partition coefficient (Wildman–Crippen LogP) is 5.10. The molecule has 2 nitrogen and oxygen atoms in total. The monoisotopic (exact) mass is 289 g/mol. The van der Waals surface area contributed by atoms with Crippen molar-refractivity contribution in [1.82, 2.24) is 0 Å². The van der Waals surface area contributed by atoms with Crippen molar-refractivity contribution in [2.45, 2.75) is 32.7 Å². The summed E-state index contributed by atoms with van der Waals surface area (Å²) in [6.07, 6.45) is 1.79. The van der Waals surface area contributed by atoms with Crippen molar-refractivity contribution in [3.8, 4) is 11.5 Å². The van der Waals surface area contributed by atoms with E-state index in [1.807, 2.05) is 42.5 Å². The summed E-state index contributed by atoms with van der Waals surface area (Å²) in [6.45, 7) is 4.15. The highest BCUT2D eigenvalue weighted by Gasteiger charge is 2.06. The zero-order valence-corrected chi connectivity index (χ0v) is 12.7. The number of ether oxygens (including phenoxy) is 1. The number of benzene rings is 2. The van der Waals surface area contributed by atoms with Crippen LogP contribution in [0.15, 0.2) is 42.5 Å². The quantitative estimate of drug-likeness (QED) is 0.830. The van der Waals surface area contributed by atoms with Crippen LogP contribution in [0.1, 0.15) is 37.4 Å². The summed E-state index contributed by atoms with van der Waals surface area (Å²) in [7, 11) is 0. The molecule has 1 atom stereocenters. The molecule has 0 aliphatic carbocycles. The zero-order chi connectivity index (χ0) is 14.5. The fraction of sp³-hybridized carbons (Fsp3) is 0.294. The normalized spacial score (nSPS) is 12.2. The molecule has 2 rings (SSSR count). The van der Waals surface area contributed by atoms with Crippen LogP contribution in [0.4, 0.5) is 0 Å². The van der Waals surface area contributed by atoms with E-state index in [-0.39, 0.29) is 6.04 Å². The minimum atomic E-state index is 0.0509. The third-order valence-corrected chi connectivity index (χ3v) is 3.73. The molecular weight excluding hydrogens is 270 g/mol. The summed E-state index contributed by atoms with van der Waals surface area (Å²) in [5, 5.41) is 0.779. The molecule has 3 heteroatoms. The fourth-order valence-electron chi connectivity index (χ4n) is 2.07. The summed E-state index contributed by atoms with van der Waals surface area (Å²) in [6, 6.07) is 13.7. The molecule has 2 aromatic carbocycles. The van der Waals surface area contributed by atoms with Gasteiger partial charge in [0.05, 0.1) is 0 Å². The van der Waals surface area contributed by atoms with E-state index in [0.717, 1.165) is 40.5 Å². The van der Waals surface area contributed by atoms with Crippen LogP contribution in [0.25, 0.3) is 0 Å². The van der Waals surface area contributed by atoms with E-state index in [9.17, 15) is 0 Å². The van der Waals surface area contributed by atoms with Gasteiger partial charge in [-0.15, -0.1) is 0 Å². The van der Waals surface area contributed by atoms with Gasteiger partial charge in [0.1, 0.15) is 11.5 Å². The molecule has 0 aliphatic heterocycles. The largest absolute Gasteiger partial charge is 0.457 e. The third-order valence-electron chi connectivity index (χ3n) is 3.36. The highest BCUT2D eigenvalue weighted by molar-refractivity contribution is 6.31. The van der Waals surface area contributed by atoms with Crippen LogP contribution in [-0.2, 0) is 6.42 Å². The van der Waals surface area contributed by atoms with Crippen LogP contribution in [-0.4, -0.2) is 0 Å². The molecule has 20 heavy (non-hydrogen) atoms. The Balaban J connectivity index is 2.21. The van der Waals surface area contributed by atoms with E-state index in [4.69, 9.17) is 22.1 Å². The average Bonchev–Trinajstić information content (AvgIpc) is 2.48. The Hall–Kier alpha value is -1.51. The zero-order valence-electron chi connectivity index (χ0n) is 11.9. The summed E-state index contributed by atoms with van der Waals surface area (Å²) in [5.41, 5.74) is 8.23. The van der Waals surface area contributed by atoms with Crippen LogP contribution < -0.4 is 10.5 Å². The van der Waals surface area contributed by atoms with Gasteiger partial charge < -0.3 is 10.5 Å². The van der Waals surface area contributed by atoms with E-state index >= 15 is 0 Å². The lowest BCUT2D eigenvalue weighted by atomic mass is 10.1. The first kappa shape index (κ1) is 14.9. The van der Waals surface area contributed by atoms with Crippen molar-refractivity contribution in [3.63, 3.8) is 0 Å². The van der Waals surface area contributed by atoms with E-state index in [0.29, 0.717) is 0 Å². The van der Waals surface area contributed by atoms with Gasteiger partial charge in [-0.3, -0.25) is 0 Å². The molecule has 0 saturated carbocycles. The lowest BCUT2D eigenvalue weighted by Gasteiger charge is -2.12. The van der Waals surface area contributed by atoms with Gasteiger partial charge in [0.2, 0.25) is 0 Å². The van der Waals surface area contributed by atoms with Crippen molar-refractivity contribution < 1.29 is 4.74 Å². The van der Waals surface area contributed by atoms with E-state index in [1.54, 1.807) is 0 Å². The smallest absolute Gasteiger partial charge is 0.127 e. The molecule has 0 fully saturated rings. The first-order valence-corrected chi connectivity index (χ1v) is 7.33. The third kappa shape index (κ3) is 3.53. The highest BCUT2D eigenvalue weighted by Crippen LogP contribution is 2.28. The average molecular weight is 290 g/mol. The van der Waals surface area contributed by atoms with E-state index < -0.39 is 0 Å². The predicted molar refractivity (Wildman–Crippen MR) is 84.6 cm³/mol. The maximum Gasteiger partial charge on any atom is 0.127 e. The first-order valence-electron chi connectivity index (χ1n) is 6.95. The van der Waals surface area contributed by atoms with Crippen molar-refractivity contribution in [1.29, 1.82) is 0 Å². The van der Waals surface area contributed by atoms with Crippen molar-refractivity contribution in [2.24, 2.45) is 5.73 Å². The fourth-order valence-corrected chi connectivity index (χ4v) is 2.32. The summed E-state index contributed by atoms with van der Waals surface area (Å²) < 4.78 is 5.90. The molecule has 0 bridgehead atoms. The number of aryl methyl sites for hydroxylation is 1. The Morgan fingerprint density at radius 2 is 1.85 bits per heavy atom. The van der Waals surface area contributed by atoms with Gasteiger partial charge in [0, 0.05) is 11.1 Å². The van der Waals surface area contributed by atoms with Gasteiger partial charge >= 0.3 is 0 Å². The number of hydrogen-bond donors (Lipinski definition) is 1. The van der Waals surface area contributed by atoms with Gasteiger partial charge in [-0.25, -0.2) is 0 Å². The molecule has 0 saturated heterocycles. The Kier molecular flexibility index (Phi) is 5.05. The number of hydrogen-bond acceptors (Lipinski definition) is 2. The Labute approximate surface area is 125 Å². The minimum Gasteiger partial charge on any atom is -0.457 e. The van der Waals surface area contributed by atoms with Crippen LogP contribution in [0.3, 0.4) is 0 Å².